The van der Waals surface area contributed by atoms with Gasteiger partial charge in [0, 0.05) is 11.3 Å². The van der Waals surface area contributed by atoms with E-state index in [9.17, 15) is 5.11 Å². The summed E-state index contributed by atoms with van der Waals surface area (Å²) in [4.78, 5) is 4.66. The second-order valence-electron chi connectivity index (χ2n) is 7.72. The monoisotopic (exact) mass is 397 g/mol. The highest BCUT2D eigenvalue weighted by Gasteiger charge is 2.28. The Hall–Kier alpha value is -3.37. The molecule has 30 heavy (non-hydrogen) atoms. The Morgan fingerprint density at radius 1 is 0.933 bits per heavy atom. The van der Waals surface area contributed by atoms with Gasteiger partial charge in [0.2, 0.25) is 6.29 Å². The molecule has 2 unspecified atom stereocenters. The van der Waals surface area contributed by atoms with Crippen molar-refractivity contribution in [2.75, 3.05) is 0 Å². The van der Waals surface area contributed by atoms with E-state index in [1.54, 1.807) is 0 Å². The average molecular weight is 397 g/mol. The van der Waals surface area contributed by atoms with Crippen molar-refractivity contribution in [1.82, 2.24) is 4.98 Å². The molecule has 4 nitrogen and oxygen atoms in total. The van der Waals surface area contributed by atoms with Crippen LogP contribution in [0.2, 0.25) is 0 Å². The minimum absolute atomic E-state index is 0.0114. The fourth-order valence-corrected chi connectivity index (χ4v) is 3.97. The first-order valence-electron chi connectivity index (χ1n) is 10.2. The third-order valence-electron chi connectivity index (χ3n) is 5.55. The molecule has 1 aromatic heterocycles. The van der Waals surface area contributed by atoms with Crippen molar-refractivity contribution < 1.29 is 14.6 Å². The lowest BCUT2D eigenvalue weighted by atomic mass is 9.89. The van der Waals surface area contributed by atoms with E-state index < -0.39 is 6.29 Å². The number of fused-ring (bicyclic) bond motifs is 2. The summed E-state index contributed by atoms with van der Waals surface area (Å²) in [5, 5.41) is 11.5. The molecular weight excluding hydrogens is 374 g/mol. The van der Waals surface area contributed by atoms with Crippen molar-refractivity contribution in [3.05, 3.63) is 102 Å². The van der Waals surface area contributed by atoms with E-state index in [4.69, 9.17) is 9.47 Å². The molecule has 0 bridgehead atoms. The van der Waals surface area contributed by atoms with E-state index in [2.05, 4.69) is 29.2 Å². The fourth-order valence-electron chi connectivity index (χ4n) is 3.97. The van der Waals surface area contributed by atoms with Crippen molar-refractivity contribution in [2.24, 2.45) is 5.92 Å². The Balaban J connectivity index is 1.29. The van der Waals surface area contributed by atoms with Gasteiger partial charge < -0.3 is 14.6 Å². The van der Waals surface area contributed by atoms with E-state index in [1.807, 2.05) is 60.7 Å². The van der Waals surface area contributed by atoms with E-state index in [1.165, 1.54) is 5.56 Å². The molecule has 0 aliphatic carbocycles. The van der Waals surface area contributed by atoms with Gasteiger partial charge in [0.05, 0.1) is 11.2 Å². The van der Waals surface area contributed by atoms with Crippen LogP contribution >= 0.6 is 0 Å². The highest BCUT2D eigenvalue weighted by atomic mass is 16.6. The molecule has 2 heterocycles. The number of hydrogen-bond acceptors (Lipinski definition) is 4. The molecule has 5 rings (SSSR count). The van der Waals surface area contributed by atoms with Gasteiger partial charge in [0.1, 0.15) is 18.1 Å². The first-order valence-corrected chi connectivity index (χ1v) is 10.2. The Morgan fingerprint density at radius 3 is 2.67 bits per heavy atom. The molecular formula is C26H23NO3. The zero-order valence-corrected chi connectivity index (χ0v) is 16.6. The molecule has 0 amide bonds. The molecule has 1 aliphatic heterocycles. The number of benzene rings is 3. The van der Waals surface area contributed by atoms with E-state index >= 15 is 0 Å². The molecule has 3 aromatic carbocycles. The minimum atomic E-state index is -0.800. The molecule has 1 aliphatic rings. The highest BCUT2D eigenvalue weighted by molar-refractivity contribution is 5.78. The summed E-state index contributed by atoms with van der Waals surface area (Å²) < 4.78 is 11.8. The predicted octanol–water partition coefficient (Wildman–Crippen LogP) is 4.93. The van der Waals surface area contributed by atoms with Gasteiger partial charge in [-0.3, -0.25) is 0 Å². The van der Waals surface area contributed by atoms with Crippen molar-refractivity contribution in [3.63, 3.8) is 0 Å². The first-order chi connectivity index (χ1) is 14.7. The van der Waals surface area contributed by atoms with Crippen LogP contribution in [0.15, 0.2) is 84.9 Å². The molecule has 2 atom stereocenters. The molecule has 0 saturated heterocycles. The molecule has 0 saturated carbocycles. The van der Waals surface area contributed by atoms with Crippen LogP contribution in [0, 0.1) is 5.92 Å². The van der Waals surface area contributed by atoms with Crippen LogP contribution in [-0.2, 0) is 19.4 Å². The number of hydrogen-bond donors (Lipinski definition) is 1. The SMILES string of the molecule is OC1Oc2ccc(OCc3ccc4ccccc4n3)cc2CC1Cc1ccccc1. The van der Waals surface area contributed by atoms with E-state index in [0.29, 0.717) is 6.61 Å². The molecule has 4 aromatic rings. The Bertz CT molecular complexity index is 1160. The predicted molar refractivity (Wildman–Crippen MR) is 116 cm³/mol. The molecule has 4 heteroatoms. The van der Waals surface area contributed by atoms with Gasteiger partial charge in [-0.15, -0.1) is 0 Å². The second-order valence-corrected chi connectivity index (χ2v) is 7.72. The summed E-state index contributed by atoms with van der Waals surface area (Å²) in [6, 6.07) is 28.1. The maximum atomic E-state index is 10.4. The van der Waals surface area contributed by atoms with Crippen molar-refractivity contribution in [1.29, 1.82) is 0 Å². The van der Waals surface area contributed by atoms with Crippen LogP contribution in [-0.4, -0.2) is 16.4 Å². The molecule has 1 N–H and O–H groups in total. The summed E-state index contributed by atoms with van der Waals surface area (Å²) in [5.41, 5.74) is 4.11. The van der Waals surface area contributed by atoms with Crippen LogP contribution in [0.3, 0.4) is 0 Å². The number of aromatic nitrogens is 1. The minimum Gasteiger partial charge on any atom is -0.487 e. The summed E-state index contributed by atoms with van der Waals surface area (Å²) in [6.45, 7) is 0.403. The van der Waals surface area contributed by atoms with Gasteiger partial charge in [-0.1, -0.05) is 54.6 Å². The van der Waals surface area contributed by atoms with E-state index in [0.717, 1.165) is 46.5 Å². The maximum Gasteiger partial charge on any atom is 0.200 e. The zero-order valence-electron chi connectivity index (χ0n) is 16.6. The maximum absolute atomic E-state index is 10.4. The van der Waals surface area contributed by atoms with Gasteiger partial charge in [0.25, 0.3) is 0 Å². The normalized spacial score (nSPS) is 17.9. The highest BCUT2D eigenvalue weighted by Crippen LogP contribution is 2.34. The molecule has 0 radical (unpaired) electrons. The Morgan fingerprint density at radius 2 is 1.77 bits per heavy atom. The van der Waals surface area contributed by atoms with E-state index in [-0.39, 0.29) is 5.92 Å². The summed E-state index contributed by atoms with van der Waals surface area (Å²) in [6.07, 6.45) is 0.718. The number of aliphatic hydroxyl groups is 1. The topological polar surface area (TPSA) is 51.6 Å². The van der Waals surface area contributed by atoms with Gasteiger partial charge in [-0.2, -0.15) is 0 Å². The van der Waals surface area contributed by atoms with Crippen molar-refractivity contribution in [3.8, 4) is 11.5 Å². The zero-order chi connectivity index (χ0) is 20.3. The second kappa shape index (κ2) is 8.17. The van der Waals surface area contributed by atoms with Crippen molar-refractivity contribution in [2.45, 2.75) is 25.7 Å². The van der Waals surface area contributed by atoms with Crippen molar-refractivity contribution >= 4 is 10.9 Å². The Kier molecular flexibility index (Phi) is 5.08. The van der Waals surface area contributed by atoms with Gasteiger partial charge in [-0.05, 0) is 54.3 Å². The lowest BCUT2D eigenvalue weighted by Crippen LogP contribution is -2.34. The third kappa shape index (κ3) is 4.00. The summed E-state index contributed by atoms with van der Waals surface area (Å²) in [7, 11) is 0. The number of rotatable bonds is 5. The molecule has 0 spiro atoms. The first kappa shape index (κ1) is 18.6. The number of para-hydroxylation sites is 1. The lowest BCUT2D eigenvalue weighted by Gasteiger charge is -2.30. The Labute approximate surface area is 175 Å². The van der Waals surface area contributed by atoms with Crippen LogP contribution in [0.25, 0.3) is 10.9 Å². The lowest BCUT2D eigenvalue weighted by molar-refractivity contribution is -0.0726. The quantitative estimate of drug-likeness (QED) is 0.519. The van der Waals surface area contributed by atoms with Gasteiger partial charge in [0.15, 0.2) is 0 Å². The molecule has 150 valence electrons. The number of pyridine rings is 1. The number of aliphatic hydroxyl groups excluding tert-OH is 1. The van der Waals surface area contributed by atoms with Gasteiger partial charge >= 0.3 is 0 Å². The third-order valence-corrected chi connectivity index (χ3v) is 5.55. The summed E-state index contributed by atoms with van der Waals surface area (Å²) in [5.74, 6) is 1.52. The smallest absolute Gasteiger partial charge is 0.200 e. The van der Waals surface area contributed by atoms with Crippen LogP contribution in [0.1, 0.15) is 16.8 Å². The number of ether oxygens (including phenoxy) is 2. The van der Waals surface area contributed by atoms with Crippen LogP contribution in [0.5, 0.6) is 11.5 Å². The largest absolute Gasteiger partial charge is 0.487 e. The average Bonchev–Trinajstić information content (AvgIpc) is 2.79. The standard InChI is InChI=1S/C26H23NO3/c28-26-21(14-18-6-2-1-3-7-18)15-20-16-23(12-13-25(20)30-26)29-17-22-11-10-19-8-4-5-9-24(19)27-22/h1-13,16,21,26,28H,14-15,17H2. The molecule has 0 fully saturated rings. The summed E-state index contributed by atoms with van der Waals surface area (Å²) >= 11 is 0. The van der Waals surface area contributed by atoms with Crippen LogP contribution in [0.4, 0.5) is 0 Å². The van der Waals surface area contributed by atoms with Crippen LogP contribution < -0.4 is 9.47 Å². The van der Waals surface area contributed by atoms with Gasteiger partial charge in [-0.25, -0.2) is 4.98 Å². The number of nitrogens with zero attached hydrogens (tertiary/aromatic N) is 1. The fraction of sp³-hybridized carbons (Fsp3) is 0.192.